The Bertz CT molecular complexity index is 918. The maximum Gasteiger partial charge on any atom is 0.307 e. The first-order valence-corrected chi connectivity index (χ1v) is 8.63. The van der Waals surface area contributed by atoms with Crippen LogP contribution in [0.5, 0.6) is 0 Å². The zero-order chi connectivity index (χ0) is 18.1. The average molecular weight is 336 g/mol. The SMILES string of the molecule is Cc1cccc(C)c1Cn1nc(C(C)C)c2ccc(CC(=O)O)cc21. The summed E-state index contributed by atoms with van der Waals surface area (Å²) in [5, 5.41) is 15.0. The fraction of sp³-hybridized carbons (Fsp3) is 0.333. The topological polar surface area (TPSA) is 55.1 Å². The minimum atomic E-state index is -0.816. The molecule has 0 aliphatic carbocycles. The second kappa shape index (κ2) is 6.71. The molecule has 1 N–H and O–H groups in total. The van der Waals surface area contributed by atoms with Crippen LogP contribution in [-0.2, 0) is 17.8 Å². The summed E-state index contributed by atoms with van der Waals surface area (Å²) in [6.45, 7) is 9.20. The third-order valence-electron chi connectivity index (χ3n) is 4.70. The maximum atomic E-state index is 11.1. The van der Waals surface area contributed by atoms with Gasteiger partial charge in [0.25, 0.3) is 0 Å². The summed E-state index contributed by atoms with van der Waals surface area (Å²) in [7, 11) is 0. The van der Waals surface area contributed by atoms with E-state index in [1.807, 2.05) is 22.9 Å². The highest BCUT2D eigenvalue weighted by Crippen LogP contribution is 2.27. The normalized spacial score (nSPS) is 11.4. The van der Waals surface area contributed by atoms with E-state index in [0.717, 1.165) is 22.2 Å². The summed E-state index contributed by atoms with van der Waals surface area (Å²) >= 11 is 0. The number of benzene rings is 2. The number of aromatic nitrogens is 2. The summed E-state index contributed by atoms with van der Waals surface area (Å²) in [5.74, 6) is -0.503. The third kappa shape index (κ3) is 3.43. The van der Waals surface area contributed by atoms with Gasteiger partial charge in [-0.1, -0.05) is 44.2 Å². The first-order chi connectivity index (χ1) is 11.9. The van der Waals surface area contributed by atoms with Crippen molar-refractivity contribution >= 4 is 16.9 Å². The number of carboxylic acid groups (broad SMARTS) is 1. The zero-order valence-electron chi connectivity index (χ0n) is 15.2. The van der Waals surface area contributed by atoms with Crippen LogP contribution in [0.25, 0.3) is 10.9 Å². The van der Waals surface area contributed by atoms with Crippen molar-refractivity contribution in [2.75, 3.05) is 0 Å². The van der Waals surface area contributed by atoms with E-state index in [1.165, 1.54) is 16.7 Å². The number of hydrogen-bond donors (Lipinski definition) is 1. The lowest BCUT2D eigenvalue weighted by Crippen LogP contribution is -2.06. The van der Waals surface area contributed by atoms with Crippen molar-refractivity contribution in [3.63, 3.8) is 0 Å². The van der Waals surface area contributed by atoms with Crippen LogP contribution in [0.1, 0.15) is 47.7 Å². The van der Waals surface area contributed by atoms with E-state index >= 15 is 0 Å². The van der Waals surface area contributed by atoms with Gasteiger partial charge in [-0.3, -0.25) is 9.48 Å². The molecule has 25 heavy (non-hydrogen) atoms. The molecule has 4 nitrogen and oxygen atoms in total. The second-order valence-corrected chi connectivity index (χ2v) is 6.99. The molecule has 0 spiro atoms. The smallest absolute Gasteiger partial charge is 0.307 e. The number of rotatable bonds is 5. The fourth-order valence-corrected chi connectivity index (χ4v) is 3.32. The highest BCUT2D eigenvalue weighted by atomic mass is 16.4. The van der Waals surface area contributed by atoms with Gasteiger partial charge >= 0.3 is 5.97 Å². The molecular weight excluding hydrogens is 312 g/mol. The van der Waals surface area contributed by atoms with Crippen molar-refractivity contribution < 1.29 is 9.90 Å². The highest BCUT2D eigenvalue weighted by Gasteiger charge is 2.16. The Kier molecular flexibility index (Phi) is 4.62. The third-order valence-corrected chi connectivity index (χ3v) is 4.70. The van der Waals surface area contributed by atoms with Crippen molar-refractivity contribution in [1.82, 2.24) is 9.78 Å². The molecule has 1 aromatic heterocycles. The number of carboxylic acids is 1. The van der Waals surface area contributed by atoms with Gasteiger partial charge < -0.3 is 5.11 Å². The first-order valence-electron chi connectivity index (χ1n) is 8.63. The largest absolute Gasteiger partial charge is 0.481 e. The van der Waals surface area contributed by atoms with E-state index in [9.17, 15) is 4.79 Å². The molecule has 1 heterocycles. The van der Waals surface area contributed by atoms with Crippen LogP contribution in [0.2, 0.25) is 0 Å². The van der Waals surface area contributed by atoms with Gasteiger partial charge in [0.05, 0.1) is 24.2 Å². The number of aliphatic carboxylic acids is 1. The van der Waals surface area contributed by atoms with Crippen LogP contribution < -0.4 is 0 Å². The fourth-order valence-electron chi connectivity index (χ4n) is 3.32. The lowest BCUT2D eigenvalue weighted by molar-refractivity contribution is -0.136. The predicted molar refractivity (Wildman–Crippen MR) is 100 cm³/mol. The maximum absolute atomic E-state index is 11.1. The summed E-state index contributed by atoms with van der Waals surface area (Å²) in [4.78, 5) is 11.1. The molecule has 0 radical (unpaired) electrons. The lowest BCUT2D eigenvalue weighted by atomic mass is 10.0. The average Bonchev–Trinajstić information content (AvgIpc) is 2.89. The van der Waals surface area contributed by atoms with Crippen LogP contribution in [0, 0.1) is 13.8 Å². The summed E-state index contributed by atoms with van der Waals surface area (Å²) in [6, 6.07) is 12.2. The molecule has 0 fully saturated rings. The van der Waals surface area contributed by atoms with Crippen molar-refractivity contribution in [3.8, 4) is 0 Å². The molecule has 0 saturated carbocycles. The lowest BCUT2D eigenvalue weighted by Gasteiger charge is -2.11. The molecule has 2 aromatic carbocycles. The van der Waals surface area contributed by atoms with Gasteiger partial charge in [0.15, 0.2) is 0 Å². The Morgan fingerprint density at radius 2 is 1.84 bits per heavy atom. The molecule has 130 valence electrons. The van der Waals surface area contributed by atoms with Crippen LogP contribution >= 0.6 is 0 Å². The molecule has 4 heteroatoms. The van der Waals surface area contributed by atoms with Gasteiger partial charge in [0.1, 0.15) is 0 Å². The van der Waals surface area contributed by atoms with Crippen LogP contribution in [0.4, 0.5) is 0 Å². The molecule has 0 saturated heterocycles. The summed E-state index contributed by atoms with van der Waals surface area (Å²) in [6.07, 6.45) is 0.0293. The monoisotopic (exact) mass is 336 g/mol. The van der Waals surface area contributed by atoms with Crippen LogP contribution in [0.15, 0.2) is 36.4 Å². The van der Waals surface area contributed by atoms with Crippen LogP contribution in [0.3, 0.4) is 0 Å². The molecule has 0 amide bonds. The Hall–Kier alpha value is -2.62. The van der Waals surface area contributed by atoms with E-state index in [1.54, 1.807) is 0 Å². The Morgan fingerprint density at radius 3 is 2.44 bits per heavy atom. The van der Waals surface area contributed by atoms with Gasteiger partial charge in [0.2, 0.25) is 0 Å². The minimum absolute atomic E-state index is 0.0293. The highest BCUT2D eigenvalue weighted by molar-refractivity contribution is 5.84. The summed E-state index contributed by atoms with van der Waals surface area (Å²) < 4.78 is 2.02. The standard InChI is InChI=1S/C21H24N2O2/c1-13(2)21-17-9-8-16(11-20(24)25)10-19(17)23(22-21)12-18-14(3)6-5-7-15(18)4/h5-10,13H,11-12H2,1-4H3,(H,24,25). The van der Waals surface area contributed by atoms with Crippen molar-refractivity contribution in [2.45, 2.75) is 46.6 Å². The van der Waals surface area contributed by atoms with Crippen LogP contribution in [-0.4, -0.2) is 20.9 Å². The van der Waals surface area contributed by atoms with Gasteiger partial charge in [-0.2, -0.15) is 5.10 Å². The molecule has 0 aliphatic heterocycles. The summed E-state index contributed by atoms with van der Waals surface area (Å²) in [5.41, 5.74) is 6.63. The minimum Gasteiger partial charge on any atom is -0.481 e. The van der Waals surface area contributed by atoms with Gasteiger partial charge in [-0.05, 0) is 48.1 Å². The van der Waals surface area contributed by atoms with Gasteiger partial charge in [0, 0.05) is 5.39 Å². The number of fused-ring (bicyclic) bond motifs is 1. The first kappa shape index (κ1) is 17.2. The molecule has 0 aliphatic rings. The quantitative estimate of drug-likeness (QED) is 0.749. The molecule has 0 atom stereocenters. The van der Waals surface area contributed by atoms with Gasteiger partial charge in [-0.15, -0.1) is 0 Å². The predicted octanol–water partition coefficient (Wildman–Crippen LogP) is 4.45. The number of aryl methyl sites for hydroxylation is 2. The van der Waals surface area contributed by atoms with Crippen molar-refractivity contribution in [3.05, 3.63) is 64.3 Å². The zero-order valence-corrected chi connectivity index (χ0v) is 15.2. The molecular formula is C21H24N2O2. The molecule has 3 rings (SSSR count). The second-order valence-electron chi connectivity index (χ2n) is 6.99. The van der Waals surface area contributed by atoms with E-state index in [4.69, 9.17) is 10.2 Å². The number of carbonyl (C=O) groups is 1. The van der Waals surface area contributed by atoms with E-state index in [-0.39, 0.29) is 6.42 Å². The van der Waals surface area contributed by atoms with E-state index in [0.29, 0.717) is 12.5 Å². The number of hydrogen-bond acceptors (Lipinski definition) is 2. The van der Waals surface area contributed by atoms with E-state index < -0.39 is 5.97 Å². The Labute approximate surface area is 148 Å². The molecule has 0 bridgehead atoms. The molecule has 3 aromatic rings. The van der Waals surface area contributed by atoms with Crippen molar-refractivity contribution in [2.24, 2.45) is 0 Å². The Balaban J connectivity index is 2.14. The Morgan fingerprint density at radius 1 is 1.16 bits per heavy atom. The number of nitrogens with zero attached hydrogens (tertiary/aromatic N) is 2. The van der Waals surface area contributed by atoms with Crippen molar-refractivity contribution in [1.29, 1.82) is 0 Å². The van der Waals surface area contributed by atoms with Gasteiger partial charge in [-0.25, -0.2) is 0 Å². The van der Waals surface area contributed by atoms with E-state index in [2.05, 4.69) is 45.9 Å². The molecule has 0 unspecified atom stereocenters.